The predicted molar refractivity (Wildman–Crippen MR) is 47.1 cm³/mol. The van der Waals surface area contributed by atoms with Gasteiger partial charge in [-0.15, -0.1) is 0 Å². The Labute approximate surface area is 73.4 Å². The van der Waals surface area contributed by atoms with Gasteiger partial charge in [-0.2, -0.15) is 0 Å². The molecule has 0 bridgehead atoms. The maximum Gasteiger partial charge on any atom is 0.307 e. The van der Waals surface area contributed by atoms with Crippen molar-refractivity contribution in [2.45, 2.75) is 32.7 Å². The van der Waals surface area contributed by atoms with E-state index < -0.39 is 5.97 Å². The first-order chi connectivity index (χ1) is 5.61. The average molecular weight is 171 g/mol. The van der Waals surface area contributed by atoms with E-state index in [2.05, 4.69) is 18.7 Å². The van der Waals surface area contributed by atoms with E-state index in [1.165, 1.54) is 0 Å². The zero-order valence-electron chi connectivity index (χ0n) is 7.79. The van der Waals surface area contributed by atoms with Crippen molar-refractivity contribution in [3.8, 4) is 0 Å². The molecule has 12 heavy (non-hydrogen) atoms. The Bertz CT molecular complexity index is 168. The van der Waals surface area contributed by atoms with Crippen LogP contribution in [0.5, 0.6) is 0 Å². The Hall–Kier alpha value is -0.570. The van der Waals surface area contributed by atoms with E-state index in [0.717, 1.165) is 25.9 Å². The number of carboxylic acids is 1. The first kappa shape index (κ1) is 9.52. The molecule has 1 heterocycles. The van der Waals surface area contributed by atoms with Gasteiger partial charge < -0.3 is 10.0 Å². The number of nitrogens with zero attached hydrogens (tertiary/aromatic N) is 1. The Kier molecular flexibility index (Phi) is 3.09. The number of hydrogen-bond acceptors (Lipinski definition) is 2. The smallest absolute Gasteiger partial charge is 0.307 e. The van der Waals surface area contributed by atoms with Gasteiger partial charge in [0.1, 0.15) is 0 Å². The Balaban J connectivity index is 2.46. The predicted octanol–water partition coefficient (Wildman–Crippen LogP) is 1.19. The van der Waals surface area contributed by atoms with Gasteiger partial charge in [0, 0.05) is 12.6 Å². The topological polar surface area (TPSA) is 40.5 Å². The summed E-state index contributed by atoms with van der Waals surface area (Å²) in [5.74, 6) is -0.776. The first-order valence-electron chi connectivity index (χ1n) is 4.58. The molecule has 0 unspecified atom stereocenters. The van der Waals surface area contributed by atoms with Crippen LogP contribution in [-0.4, -0.2) is 35.1 Å². The van der Waals surface area contributed by atoms with Gasteiger partial charge in [0.25, 0.3) is 0 Å². The van der Waals surface area contributed by atoms with Gasteiger partial charge in [-0.3, -0.25) is 4.79 Å². The molecular weight excluding hydrogens is 154 g/mol. The van der Waals surface area contributed by atoms with Crippen molar-refractivity contribution in [3.05, 3.63) is 0 Å². The third-order valence-electron chi connectivity index (χ3n) is 2.53. The number of rotatable bonds is 2. The van der Waals surface area contributed by atoms with Crippen molar-refractivity contribution in [2.75, 3.05) is 13.1 Å². The minimum absolute atomic E-state index is 0.138. The van der Waals surface area contributed by atoms with Crippen molar-refractivity contribution in [1.82, 2.24) is 4.90 Å². The van der Waals surface area contributed by atoms with Crippen molar-refractivity contribution >= 4 is 5.97 Å². The van der Waals surface area contributed by atoms with Gasteiger partial charge in [-0.25, -0.2) is 0 Å². The monoisotopic (exact) mass is 171 g/mol. The van der Waals surface area contributed by atoms with Crippen LogP contribution in [-0.2, 0) is 4.79 Å². The van der Waals surface area contributed by atoms with Crippen molar-refractivity contribution in [3.63, 3.8) is 0 Å². The molecule has 1 atom stereocenters. The molecule has 1 saturated heterocycles. The number of piperidine rings is 1. The van der Waals surface area contributed by atoms with E-state index in [1.807, 2.05) is 0 Å². The Morgan fingerprint density at radius 1 is 1.58 bits per heavy atom. The van der Waals surface area contributed by atoms with Gasteiger partial charge in [0.15, 0.2) is 0 Å². The second-order valence-corrected chi connectivity index (χ2v) is 3.77. The zero-order valence-corrected chi connectivity index (χ0v) is 7.79. The average Bonchev–Trinajstić information content (AvgIpc) is 2.04. The SMILES string of the molecule is CC(C)N1CCC[C@H](C(=O)O)C1. The third kappa shape index (κ3) is 2.21. The van der Waals surface area contributed by atoms with Crippen LogP contribution in [0.25, 0.3) is 0 Å². The Morgan fingerprint density at radius 3 is 2.75 bits per heavy atom. The maximum atomic E-state index is 10.7. The normalized spacial score (nSPS) is 26.1. The van der Waals surface area contributed by atoms with Gasteiger partial charge in [0.2, 0.25) is 0 Å². The molecule has 3 heteroatoms. The summed E-state index contributed by atoms with van der Waals surface area (Å²) in [7, 11) is 0. The molecule has 1 N–H and O–H groups in total. The fraction of sp³-hybridized carbons (Fsp3) is 0.889. The molecule has 1 rings (SSSR count). The molecule has 0 aromatic rings. The highest BCUT2D eigenvalue weighted by Crippen LogP contribution is 2.18. The van der Waals surface area contributed by atoms with Gasteiger partial charge >= 0.3 is 5.97 Å². The van der Waals surface area contributed by atoms with E-state index in [1.54, 1.807) is 0 Å². The lowest BCUT2D eigenvalue weighted by Crippen LogP contribution is -2.42. The summed E-state index contributed by atoms with van der Waals surface area (Å²) in [6.07, 6.45) is 1.87. The third-order valence-corrected chi connectivity index (χ3v) is 2.53. The summed E-state index contributed by atoms with van der Waals surface area (Å²) >= 11 is 0. The molecule has 70 valence electrons. The van der Waals surface area contributed by atoms with Crippen LogP contribution < -0.4 is 0 Å². The number of carboxylic acid groups (broad SMARTS) is 1. The molecule has 1 aliphatic rings. The highest BCUT2D eigenvalue weighted by molar-refractivity contribution is 5.70. The highest BCUT2D eigenvalue weighted by Gasteiger charge is 2.26. The maximum absolute atomic E-state index is 10.7. The zero-order chi connectivity index (χ0) is 9.14. The lowest BCUT2D eigenvalue weighted by atomic mass is 9.97. The molecule has 0 spiro atoms. The molecule has 0 amide bonds. The molecule has 1 fully saturated rings. The molecule has 0 aromatic heterocycles. The summed E-state index contributed by atoms with van der Waals surface area (Å²) in [5, 5.41) is 8.81. The molecule has 1 aliphatic heterocycles. The summed E-state index contributed by atoms with van der Waals surface area (Å²) in [6.45, 7) is 6.02. The molecular formula is C9H17NO2. The fourth-order valence-electron chi connectivity index (χ4n) is 1.68. The lowest BCUT2D eigenvalue weighted by molar-refractivity contribution is -0.143. The second-order valence-electron chi connectivity index (χ2n) is 3.77. The molecule has 0 aliphatic carbocycles. The van der Waals surface area contributed by atoms with E-state index in [-0.39, 0.29) is 5.92 Å². The number of hydrogen-bond donors (Lipinski definition) is 1. The van der Waals surface area contributed by atoms with Crippen LogP contribution in [0.4, 0.5) is 0 Å². The Morgan fingerprint density at radius 2 is 2.25 bits per heavy atom. The highest BCUT2D eigenvalue weighted by atomic mass is 16.4. The van der Waals surface area contributed by atoms with Crippen LogP contribution in [0.15, 0.2) is 0 Å². The minimum Gasteiger partial charge on any atom is -0.481 e. The number of aliphatic carboxylic acids is 1. The van der Waals surface area contributed by atoms with Crippen molar-refractivity contribution in [1.29, 1.82) is 0 Å². The minimum atomic E-state index is -0.639. The van der Waals surface area contributed by atoms with Crippen LogP contribution in [0.2, 0.25) is 0 Å². The van der Waals surface area contributed by atoms with Crippen LogP contribution >= 0.6 is 0 Å². The molecule has 0 aromatic carbocycles. The molecule has 0 saturated carbocycles. The van der Waals surface area contributed by atoms with Crippen LogP contribution in [0.1, 0.15) is 26.7 Å². The summed E-state index contributed by atoms with van der Waals surface area (Å²) < 4.78 is 0. The van der Waals surface area contributed by atoms with Crippen LogP contribution in [0.3, 0.4) is 0 Å². The largest absolute Gasteiger partial charge is 0.481 e. The fourth-order valence-corrected chi connectivity index (χ4v) is 1.68. The first-order valence-corrected chi connectivity index (χ1v) is 4.58. The lowest BCUT2D eigenvalue weighted by Gasteiger charge is -2.33. The van der Waals surface area contributed by atoms with Crippen molar-refractivity contribution in [2.24, 2.45) is 5.92 Å². The van der Waals surface area contributed by atoms with Gasteiger partial charge in [0.05, 0.1) is 5.92 Å². The molecule has 0 radical (unpaired) electrons. The molecule has 3 nitrogen and oxygen atoms in total. The van der Waals surface area contributed by atoms with E-state index in [9.17, 15) is 4.79 Å². The van der Waals surface area contributed by atoms with E-state index >= 15 is 0 Å². The summed E-state index contributed by atoms with van der Waals surface area (Å²) in [5.41, 5.74) is 0. The number of likely N-dealkylation sites (tertiary alicyclic amines) is 1. The van der Waals surface area contributed by atoms with E-state index in [4.69, 9.17) is 5.11 Å². The second kappa shape index (κ2) is 3.90. The number of carbonyl (C=O) groups is 1. The van der Waals surface area contributed by atoms with Gasteiger partial charge in [-0.1, -0.05) is 0 Å². The van der Waals surface area contributed by atoms with E-state index in [0.29, 0.717) is 6.04 Å². The quantitative estimate of drug-likeness (QED) is 0.678. The summed E-state index contributed by atoms with van der Waals surface area (Å²) in [4.78, 5) is 12.9. The van der Waals surface area contributed by atoms with Gasteiger partial charge in [-0.05, 0) is 33.2 Å². The standard InChI is InChI=1S/C9H17NO2/c1-7(2)10-5-3-4-8(6-10)9(11)12/h7-8H,3-6H2,1-2H3,(H,11,12)/t8-/m0/s1. The van der Waals surface area contributed by atoms with Crippen molar-refractivity contribution < 1.29 is 9.90 Å². The summed E-state index contributed by atoms with van der Waals surface area (Å²) in [6, 6.07) is 0.479. The van der Waals surface area contributed by atoms with Crippen LogP contribution in [0, 0.1) is 5.92 Å².